The Hall–Kier alpha value is -3.01. The molecule has 0 saturated carbocycles. The van der Waals surface area contributed by atoms with Crippen molar-refractivity contribution in [3.63, 3.8) is 0 Å². The first-order chi connectivity index (χ1) is 12.5. The molecule has 3 aromatic rings. The van der Waals surface area contributed by atoms with Crippen LogP contribution in [0.25, 0.3) is 0 Å². The molecule has 1 atom stereocenters. The minimum atomic E-state index is -0.229. The molecule has 1 N–H and O–H groups in total. The van der Waals surface area contributed by atoms with Crippen molar-refractivity contribution in [2.75, 3.05) is 0 Å². The van der Waals surface area contributed by atoms with E-state index < -0.39 is 0 Å². The summed E-state index contributed by atoms with van der Waals surface area (Å²) in [5.41, 5.74) is 6.21. The van der Waals surface area contributed by atoms with Crippen molar-refractivity contribution in [2.45, 2.75) is 33.2 Å². The van der Waals surface area contributed by atoms with Crippen LogP contribution in [-0.4, -0.2) is 15.9 Å². The van der Waals surface area contributed by atoms with Crippen LogP contribution in [-0.2, 0) is 11.2 Å². The van der Waals surface area contributed by atoms with Gasteiger partial charge in [-0.25, -0.2) is 0 Å². The number of aromatic nitrogens is 2. The van der Waals surface area contributed by atoms with E-state index in [2.05, 4.69) is 47.3 Å². The van der Waals surface area contributed by atoms with Crippen LogP contribution in [0.1, 0.15) is 39.6 Å². The van der Waals surface area contributed by atoms with Crippen LogP contribution in [0, 0.1) is 20.8 Å². The summed E-state index contributed by atoms with van der Waals surface area (Å²) in [5, 5.41) is 3.16. The van der Waals surface area contributed by atoms with Crippen LogP contribution >= 0.6 is 0 Å². The number of benzene rings is 1. The topological polar surface area (TPSA) is 54.9 Å². The van der Waals surface area contributed by atoms with Gasteiger partial charge in [0.15, 0.2) is 0 Å². The molecule has 1 amide bonds. The SMILES string of the molecule is Cc1cc(C)cc([C@H](NC(=O)Cc2ccc(C)nc2)c2cccnc2)c1. The highest BCUT2D eigenvalue weighted by molar-refractivity contribution is 5.79. The molecule has 4 heteroatoms. The Kier molecular flexibility index (Phi) is 5.42. The maximum Gasteiger partial charge on any atom is 0.225 e. The van der Waals surface area contributed by atoms with Crippen molar-refractivity contribution in [3.05, 3.63) is 94.6 Å². The number of nitrogens with zero attached hydrogens (tertiary/aromatic N) is 2. The van der Waals surface area contributed by atoms with E-state index in [1.54, 1.807) is 18.6 Å². The predicted octanol–water partition coefficient (Wildman–Crippen LogP) is 3.85. The van der Waals surface area contributed by atoms with Crippen LogP contribution in [0.4, 0.5) is 0 Å². The van der Waals surface area contributed by atoms with Crippen LogP contribution in [0.15, 0.2) is 61.1 Å². The summed E-state index contributed by atoms with van der Waals surface area (Å²) in [6.07, 6.45) is 5.59. The van der Waals surface area contributed by atoms with Crippen molar-refractivity contribution in [3.8, 4) is 0 Å². The number of nitrogens with one attached hydrogen (secondary N) is 1. The van der Waals surface area contributed by atoms with E-state index in [0.29, 0.717) is 6.42 Å². The van der Waals surface area contributed by atoms with Crippen molar-refractivity contribution in [1.29, 1.82) is 0 Å². The summed E-state index contributed by atoms with van der Waals surface area (Å²) in [4.78, 5) is 21.1. The second kappa shape index (κ2) is 7.91. The van der Waals surface area contributed by atoms with Gasteiger partial charge in [0.25, 0.3) is 0 Å². The highest BCUT2D eigenvalue weighted by Crippen LogP contribution is 2.24. The minimum absolute atomic E-state index is 0.0383. The first kappa shape index (κ1) is 17.8. The van der Waals surface area contributed by atoms with E-state index in [1.807, 2.05) is 31.2 Å². The van der Waals surface area contributed by atoms with E-state index in [9.17, 15) is 4.79 Å². The first-order valence-electron chi connectivity index (χ1n) is 8.70. The van der Waals surface area contributed by atoms with Gasteiger partial charge in [-0.2, -0.15) is 0 Å². The Bertz CT molecular complexity index is 869. The van der Waals surface area contributed by atoms with Gasteiger partial charge >= 0.3 is 0 Å². The molecule has 2 heterocycles. The number of rotatable bonds is 5. The zero-order valence-corrected chi connectivity index (χ0v) is 15.4. The van der Waals surface area contributed by atoms with E-state index in [-0.39, 0.29) is 11.9 Å². The smallest absolute Gasteiger partial charge is 0.225 e. The lowest BCUT2D eigenvalue weighted by Crippen LogP contribution is -2.30. The van der Waals surface area contributed by atoms with Crippen LogP contribution in [0.2, 0.25) is 0 Å². The van der Waals surface area contributed by atoms with Gasteiger partial charge < -0.3 is 5.32 Å². The van der Waals surface area contributed by atoms with Gasteiger partial charge in [0, 0.05) is 24.3 Å². The van der Waals surface area contributed by atoms with Gasteiger partial charge in [-0.05, 0) is 49.6 Å². The zero-order chi connectivity index (χ0) is 18.5. The Morgan fingerprint density at radius 1 is 1.00 bits per heavy atom. The Morgan fingerprint density at radius 2 is 1.77 bits per heavy atom. The fraction of sp³-hybridized carbons (Fsp3) is 0.227. The monoisotopic (exact) mass is 345 g/mol. The van der Waals surface area contributed by atoms with Gasteiger partial charge in [-0.1, -0.05) is 41.5 Å². The molecule has 3 rings (SSSR count). The highest BCUT2D eigenvalue weighted by Gasteiger charge is 2.18. The van der Waals surface area contributed by atoms with Crippen LogP contribution in [0.3, 0.4) is 0 Å². The van der Waals surface area contributed by atoms with Crippen LogP contribution < -0.4 is 5.32 Å². The number of carbonyl (C=O) groups is 1. The number of carbonyl (C=O) groups excluding carboxylic acids is 1. The fourth-order valence-corrected chi connectivity index (χ4v) is 3.08. The van der Waals surface area contributed by atoms with E-state index >= 15 is 0 Å². The standard InChI is InChI=1S/C22H23N3O/c1-15-9-16(2)11-20(10-15)22(19-5-4-8-23-14-19)25-21(26)12-18-7-6-17(3)24-13-18/h4-11,13-14,22H,12H2,1-3H3,(H,25,26)/t22-/m1/s1. The number of pyridine rings is 2. The van der Waals surface area contributed by atoms with E-state index in [4.69, 9.17) is 0 Å². The van der Waals surface area contributed by atoms with Crippen molar-refractivity contribution < 1.29 is 4.79 Å². The predicted molar refractivity (Wildman–Crippen MR) is 103 cm³/mol. The third-order valence-corrected chi connectivity index (χ3v) is 4.24. The third-order valence-electron chi connectivity index (χ3n) is 4.24. The normalized spacial score (nSPS) is 11.8. The van der Waals surface area contributed by atoms with E-state index in [1.165, 1.54) is 11.1 Å². The molecular weight excluding hydrogens is 322 g/mol. The first-order valence-corrected chi connectivity index (χ1v) is 8.70. The quantitative estimate of drug-likeness (QED) is 0.764. The lowest BCUT2D eigenvalue weighted by molar-refractivity contribution is -0.120. The lowest BCUT2D eigenvalue weighted by atomic mass is 9.96. The zero-order valence-electron chi connectivity index (χ0n) is 15.4. The Morgan fingerprint density at radius 3 is 2.38 bits per heavy atom. The molecule has 0 saturated heterocycles. The van der Waals surface area contributed by atoms with Gasteiger partial charge in [0.2, 0.25) is 5.91 Å². The molecule has 0 aliphatic rings. The molecule has 1 aromatic carbocycles. The number of hydrogen-bond acceptors (Lipinski definition) is 3. The van der Waals surface area contributed by atoms with Crippen molar-refractivity contribution in [2.24, 2.45) is 0 Å². The number of hydrogen-bond donors (Lipinski definition) is 1. The average molecular weight is 345 g/mol. The second-order valence-electron chi connectivity index (χ2n) is 6.69. The minimum Gasteiger partial charge on any atom is -0.345 e. The van der Waals surface area contributed by atoms with E-state index in [0.717, 1.165) is 22.4 Å². The van der Waals surface area contributed by atoms with Crippen molar-refractivity contribution in [1.82, 2.24) is 15.3 Å². The van der Waals surface area contributed by atoms with Crippen LogP contribution in [0.5, 0.6) is 0 Å². The fourth-order valence-electron chi connectivity index (χ4n) is 3.08. The summed E-state index contributed by atoms with van der Waals surface area (Å²) < 4.78 is 0. The number of aryl methyl sites for hydroxylation is 3. The Labute approximate surface area is 154 Å². The van der Waals surface area contributed by atoms with Gasteiger partial charge in [-0.3, -0.25) is 14.8 Å². The highest BCUT2D eigenvalue weighted by atomic mass is 16.1. The van der Waals surface area contributed by atoms with Gasteiger partial charge in [0.1, 0.15) is 0 Å². The molecule has 26 heavy (non-hydrogen) atoms. The molecule has 0 radical (unpaired) electrons. The summed E-state index contributed by atoms with van der Waals surface area (Å²) in [5.74, 6) is -0.0383. The lowest BCUT2D eigenvalue weighted by Gasteiger charge is -2.20. The summed E-state index contributed by atoms with van der Waals surface area (Å²) >= 11 is 0. The third kappa shape index (κ3) is 4.54. The average Bonchev–Trinajstić information content (AvgIpc) is 2.61. The summed E-state index contributed by atoms with van der Waals surface area (Å²) in [6.45, 7) is 6.07. The molecule has 2 aromatic heterocycles. The molecule has 0 spiro atoms. The molecule has 4 nitrogen and oxygen atoms in total. The molecule has 0 aliphatic carbocycles. The molecule has 0 bridgehead atoms. The maximum absolute atomic E-state index is 12.7. The van der Waals surface area contributed by atoms with Gasteiger partial charge in [-0.15, -0.1) is 0 Å². The Balaban J connectivity index is 1.86. The molecule has 0 unspecified atom stereocenters. The summed E-state index contributed by atoms with van der Waals surface area (Å²) in [7, 11) is 0. The second-order valence-corrected chi connectivity index (χ2v) is 6.69. The van der Waals surface area contributed by atoms with Gasteiger partial charge in [0.05, 0.1) is 12.5 Å². The number of amides is 1. The summed E-state index contributed by atoms with van der Waals surface area (Å²) in [6, 6.07) is 13.9. The molecule has 0 fully saturated rings. The molecular formula is C22H23N3O. The largest absolute Gasteiger partial charge is 0.345 e. The maximum atomic E-state index is 12.7. The van der Waals surface area contributed by atoms with Crippen molar-refractivity contribution >= 4 is 5.91 Å². The molecule has 132 valence electrons. The molecule has 0 aliphatic heterocycles.